The molecule has 2 fully saturated rings. The molecular formula is C12H22Se2. The zero-order chi connectivity index (χ0) is 9.64. The Morgan fingerprint density at radius 2 is 1.00 bits per heavy atom. The summed E-state index contributed by atoms with van der Waals surface area (Å²) in [6, 6.07) is 0. The standard InChI is InChI=1S/C12H22Se2/c1-2-6-11(5-1)9-13-14-10-12-7-3-4-8-12/h11-12H,1-10H2. The van der Waals surface area contributed by atoms with Crippen LogP contribution in [-0.2, 0) is 0 Å². The van der Waals surface area contributed by atoms with Gasteiger partial charge in [-0.15, -0.1) is 0 Å². The molecule has 0 N–H and O–H groups in total. The topological polar surface area (TPSA) is 0 Å². The number of hydrogen-bond acceptors (Lipinski definition) is 0. The van der Waals surface area contributed by atoms with E-state index >= 15 is 0 Å². The number of hydrogen-bond donors (Lipinski definition) is 0. The van der Waals surface area contributed by atoms with E-state index in [-0.39, 0.29) is 0 Å². The van der Waals surface area contributed by atoms with E-state index in [1.54, 1.807) is 36.3 Å². The fourth-order valence-corrected chi connectivity index (χ4v) is 11.5. The molecule has 14 heavy (non-hydrogen) atoms. The van der Waals surface area contributed by atoms with Gasteiger partial charge in [0.05, 0.1) is 0 Å². The second kappa shape index (κ2) is 6.58. The van der Waals surface area contributed by atoms with Gasteiger partial charge in [-0.05, 0) is 0 Å². The fraction of sp³-hybridized carbons (Fsp3) is 1.00. The maximum atomic E-state index is 1.64. The molecule has 0 bridgehead atoms. The van der Waals surface area contributed by atoms with Crippen molar-refractivity contribution in [2.45, 2.75) is 62.0 Å². The Kier molecular flexibility index (Phi) is 5.42. The molecule has 0 aromatic rings. The summed E-state index contributed by atoms with van der Waals surface area (Å²) >= 11 is 2.12. The fourth-order valence-electron chi connectivity index (χ4n) is 2.64. The van der Waals surface area contributed by atoms with Gasteiger partial charge in [0.1, 0.15) is 0 Å². The molecule has 2 saturated carbocycles. The van der Waals surface area contributed by atoms with Gasteiger partial charge in [0.15, 0.2) is 0 Å². The first kappa shape index (κ1) is 11.5. The van der Waals surface area contributed by atoms with Crippen molar-refractivity contribution in [2.75, 3.05) is 0 Å². The minimum atomic E-state index is 1.06. The molecule has 0 heterocycles. The van der Waals surface area contributed by atoms with Gasteiger partial charge in [-0.2, -0.15) is 0 Å². The van der Waals surface area contributed by atoms with Crippen LogP contribution in [-0.4, -0.2) is 26.3 Å². The van der Waals surface area contributed by atoms with E-state index in [0.29, 0.717) is 0 Å². The van der Waals surface area contributed by atoms with Crippen molar-refractivity contribution in [3.05, 3.63) is 0 Å². The minimum absolute atomic E-state index is 1.06. The van der Waals surface area contributed by atoms with E-state index in [1.807, 2.05) is 0 Å². The Balaban J connectivity index is 1.46. The Morgan fingerprint density at radius 3 is 1.36 bits per heavy atom. The van der Waals surface area contributed by atoms with E-state index in [4.69, 9.17) is 0 Å². The third-order valence-corrected chi connectivity index (χ3v) is 11.3. The van der Waals surface area contributed by atoms with E-state index < -0.39 is 0 Å². The van der Waals surface area contributed by atoms with Crippen molar-refractivity contribution in [2.24, 2.45) is 11.8 Å². The van der Waals surface area contributed by atoms with Crippen LogP contribution in [0.5, 0.6) is 0 Å². The van der Waals surface area contributed by atoms with Crippen LogP contribution < -0.4 is 0 Å². The van der Waals surface area contributed by atoms with Gasteiger partial charge in [0, 0.05) is 0 Å². The molecule has 2 aliphatic rings. The molecule has 0 aromatic heterocycles. The predicted molar refractivity (Wildman–Crippen MR) is 65.0 cm³/mol. The summed E-state index contributed by atoms with van der Waals surface area (Å²) in [6.45, 7) is 0. The summed E-state index contributed by atoms with van der Waals surface area (Å²) in [7, 11) is 0. The van der Waals surface area contributed by atoms with E-state index in [2.05, 4.69) is 0 Å². The average Bonchev–Trinajstić information content (AvgIpc) is 2.86. The summed E-state index contributed by atoms with van der Waals surface area (Å²) in [4.78, 5) is 0. The molecule has 0 amide bonds. The molecule has 2 rings (SSSR count). The zero-order valence-corrected chi connectivity index (χ0v) is 12.5. The van der Waals surface area contributed by atoms with E-state index in [0.717, 1.165) is 26.3 Å². The van der Waals surface area contributed by atoms with Crippen LogP contribution in [0.1, 0.15) is 51.4 Å². The Morgan fingerprint density at radius 1 is 0.643 bits per heavy atom. The van der Waals surface area contributed by atoms with Gasteiger partial charge in [0.2, 0.25) is 0 Å². The summed E-state index contributed by atoms with van der Waals surface area (Å²) in [6.07, 6.45) is 12.4. The van der Waals surface area contributed by atoms with Gasteiger partial charge in [-0.25, -0.2) is 0 Å². The molecule has 0 nitrogen and oxygen atoms in total. The van der Waals surface area contributed by atoms with Crippen LogP contribution in [0.3, 0.4) is 0 Å². The molecule has 0 unspecified atom stereocenters. The maximum absolute atomic E-state index is 1.64. The van der Waals surface area contributed by atoms with E-state index in [9.17, 15) is 0 Å². The van der Waals surface area contributed by atoms with Crippen molar-refractivity contribution in [1.82, 2.24) is 0 Å². The summed E-state index contributed by atoms with van der Waals surface area (Å²) in [5.41, 5.74) is 0. The quantitative estimate of drug-likeness (QED) is 0.536. The van der Waals surface area contributed by atoms with Crippen LogP contribution in [0.15, 0.2) is 0 Å². The molecule has 0 saturated heterocycles. The summed E-state index contributed by atoms with van der Waals surface area (Å²) in [5, 5.41) is 3.28. The molecule has 0 radical (unpaired) electrons. The second-order valence-electron chi connectivity index (χ2n) is 4.87. The normalized spacial score (nSPS) is 24.9. The molecular weight excluding hydrogens is 302 g/mol. The Hall–Kier alpha value is 1.04. The molecule has 0 atom stereocenters. The Bertz CT molecular complexity index is 128. The van der Waals surface area contributed by atoms with Crippen molar-refractivity contribution in [3.8, 4) is 0 Å². The average molecular weight is 324 g/mol. The first-order chi connectivity index (χ1) is 6.95. The first-order valence-electron chi connectivity index (χ1n) is 6.19. The van der Waals surface area contributed by atoms with Crippen molar-refractivity contribution in [3.63, 3.8) is 0 Å². The van der Waals surface area contributed by atoms with Crippen LogP contribution >= 0.6 is 0 Å². The predicted octanol–water partition coefficient (Wildman–Crippen LogP) is 3.53. The zero-order valence-electron chi connectivity index (χ0n) is 9.04. The molecule has 2 aliphatic carbocycles. The van der Waals surface area contributed by atoms with Crippen molar-refractivity contribution in [1.29, 1.82) is 0 Å². The Labute approximate surface area is 99.9 Å². The van der Waals surface area contributed by atoms with Gasteiger partial charge < -0.3 is 0 Å². The van der Waals surface area contributed by atoms with Gasteiger partial charge in [-0.1, -0.05) is 0 Å². The monoisotopic (exact) mass is 326 g/mol. The molecule has 82 valence electrons. The van der Waals surface area contributed by atoms with Gasteiger partial charge in [0.25, 0.3) is 0 Å². The van der Waals surface area contributed by atoms with Crippen LogP contribution in [0.2, 0.25) is 10.6 Å². The molecule has 0 aliphatic heterocycles. The van der Waals surface area contributed by atoms with Crippen LogP contribution in [0, 0.1) is 11.8 Å². The summed E-state index contributed by atoms with van der Waals surface area (Å²) < 4.78 is 0. The summed E-state index contributed by atoms with van der Waals surface area (Å²) in [5.74, 6) is 2.33. The van der Waals surface area contributed by atoms with Crippen molar-refractivity contribution < 1.29 is 0 Å². The molecule has 0 spiro atoms. The third-order valence-electron chi connectivity index (χ3n) is 3.64. The second-order valence-corrected chi connectivity index (χ2v) is 12.4. The third kappa shape index (κ3) is 3.89. The SMILES string of the molecule is C1CCC(C[Se][Se]CC2CCCC2)C1. The van der Waals surface area contributed by atoms with Crippen molar-refractivity contribution >= 4 is 26.3 Å². The molecule has 2 heteroatoms. The number of rotatable bonds is 5. The van der Waals surface area contributed by atoms with Crippen LogP contribution in [0.25, 0.3) is 0 Å². The van der Waals surface area contributed by atoms with Crippen LogP contribution in [0.4, 0.5) is 0 Å². The van der Waals surface area contributed by atoms with Gasteiger partial charge >= 0.3 is 100 Å². The molecule has 0 aromatic carbocycles. The van der Waals surface area contributed by atoms with E-state index in [1.165, 1.54) is 37.5 Å². The van der Waals surface area contributed by atoms with Gasteiger partial charge in [-0.3, -0.25) is 0 Å². The first-order valence-corrected chi connectivity index (χ1v) is 12.9.